The summed E-state index contributed by atoms with van der Waals surface area (Å²) >= 11 is 0. The third-order valence-electron chi connectivity index (χ3n) is 6.17. The van der Waals surface area contributed by atoms with E-state index in [0.29, 0.717) is 22.3 Å². The van der Waals surface area contributed by atoms with Crippen molar-refractivity contribution in [2.24, 2.45) is 0 Å². The van der Waals surface area contributed by atoms with Gasteiger partial charge in [-0.05, 0) is 37.8 Å². The Bertz CT molecular complexity index is 949. The number of anilines is 1. The molecule has 0 amide bonds. The fourth-order valence-electron chi connectivity index (χ4n) is 4.60. The van der Waals surface area contributed by atoms with Gasteiger partial charge >= 0.3 is 0 Å². The number of piperidine rings is 1. The quantitative estimate of drug-likeness (QED) is 0.603. The molecule has 1 aromatic carbocycles. The summed E-state index contributed by atoms with van der Waals surface area (Å²) in [6, 6.07) is 8.74. The zero-order valence-corrected chi connectivity index (χ0v) is 16.3. The fraction of sp³-hybridized carbons (Fsp3) is 0.524. The highest BCUT2D eigenvalue weighted by Gasteiger charge is 2.31. The first-order chi connectivity index (χ1) is 14.0. The number of likely N-dealkylation sites (tertiary alicyclic amines) is 1. The second kappa shape index (κ2) is 8.31. The summed E-state index contributed by atoms with van der Waals surface area (Å²) in [5.41, 5.74) is 0.901. The molecule has 1 aliphatic heterocycles. The predicted molar refractivity (Wildman–Crippen MR) is 110 cm³/mol. The Balaban J connectivity index is 1.45. The van der Waals surface area contributed by atoms with Crippen molar-refractivity contribution in [2.75, 3.05) is 18.4 Å². The molecule has 4 rings (SSSR count). The number of fused-ring (bicyclic) bond motifs is 1. The van der Waals surface area contributed by atoms with Crippen LogP contribution in [-0.2, 0) is 0 Å². The van der Waals surface area contributed by atoms with E-state index in [-0.39, 0.29) is 23.9 Å². The SMILES string of the molecule is N#Cc1cc(NC2CCN(C3CCCCC3O)CC2)nc2ccc([N+](=O)[O-])cc12. The van der Waals surface area contributed by atoms with Gasteiger partial charge in [-0.1, -0.05) is 12.8 Å². The van der Waals surface area contributed by atoms with Crippen LogP contribution in [-0.4, -0.2) is 51.2 Å². The first kappa shape index (κ1) is 19.6. The minimum absolute atomic E-state index is 0.0474. The third kappa shape index (κ3) is 4.16. The van der Waals surface area contributed by atoms with Gasteiger partial charge in [0.1, 0.15) is 5.82 Å². The summed E-state index contributed by atoms with van der Waals surface area (Å²) in [7, 11) is 0. The number of aliphatic hydroxyl groups excluding tert-OH is 1. The van der Waals surface area contributed by atoms with E-state index >= 15 is 0 Å². The number of hydrogen-bond donors (Lipinski definition) is 2. The van der Waals surface area contributed by atoms with Gasteiger partial charge in [0.25, 0.3) is 5.69 Å². The molecule has 1 aromatic heterocycles. The molecule has 1 saturated heterocycles. The van der Waals surface area contributed by atoms with E-state index in [9.17, 15) is 20.5 Å². The van der Waals surface area contributed by atoms with Gasteiger partial charge < -0.3 is 10.4 Å². The van der Waals surface area contributed by atoms with Crippen LogP contribution < -0.4 is 5.32 Å². The van der Waals surface area contributed by atoms with Gasteiger partial charge in [0.05, 0.1) is 28.2 Å². The molecule has 2 fully saturated rings. The summed E-state index contributed by atoms with van der Waals surface area (Å²) in [6.45, 7) is 1.87. The van der Waals surface area contributed by atoms with Crippen molar-refractivity contribution >= 4 is 22.4 Å². The molecule has 152 valence electrons. The molecule has 2 aliphatic rings. The van der Waals surface area contributed by atoms with E-state index in [1.165, 1.54) is 18.6 Å². The largest absolute Gasteiger partial charge is 0.391 e. The minimum Gasteiger partial charge on any atom is -0.391 e. The molecule has 2 heterocycles. The maximum absolute atomic E-state index is 11.0. The van der Waals surface area contributed by atoms with Crippen LogP contribution in [0.15, 0.2) is 24.3 Å². The third-order valence-corrected chi connectivity index (χ3v) is 6.17. The monoisotopic (exact) mass is 395 g/mol. The van der Waals surface area contributed by atoms with Gasteiger partial charge in [0.2, 0.25) is 0 Å². The molecule has 0 bridgehead atoms. The molecule has 29 heavy (non-hydrogen) atoms. The first-order valence-corrected chi connectivity index (χ1v) is 10.2. The molecule has 8 heteroatoms. The maximum Gasteiger partial charge on any atom is 0.270 e. The van der Waals surface area contributed by atoms with E-state index in [2.05, 4.69) is 21.3 Å². The molecule has 1 saturated carbocycles. The Hall–Kier alpha value is -2.76. The van der Waals surface area contributed by atoms with Crippen LogP contribution in [0.25, 0.3) is 10.9 Å². The standard InChI is InChI=1S/C21H25N5O3/c22-13-14-11-21(24-18-6-5-16(26(28)29)12-17(14)18)23-15-7-9-25(10-8-15)19-3-1-2-4-20(19)27/h5-6,11-12,15,19-20,27H,1-4,7-10H2,(H,23,24). The molecular weight excluding hydrogens is 370 g/mol. The van der Waals surface area contributed by atoms with Crippen LogP contribution in [0.4, 0.5) is 11.5 Å². The average Bonchev–Trinajstić information content (AvgIpc) is 2.74. The van der Waals surface area contributed by atoms with Crippen LogP contribution >= 0.6 is 0 Å². The number of hydrogen-bond acceptors (Lipinski definition) is 7. The number of nitriles is 1. The molecule has 2 aromatic rings. The summed E-state index contributed by atoms with van der Waals surface area (Å²) < 4.78 is 0. The Labute approximate surface area is 169 Å². The zero-order valence-electron chi connectivity index (χ0n) is 16.3. The van der Waals surface area contributed by atoms with Crippen LogP contribution in [0, 0.1) is 21.4 Å². The van der Waals surface area contributed by atoms with Crippen molar-refractivity contribution in [3.8, 4) is 6.07 Å². The van der Waals surface area contributed by atoms with Crippen molar-refractivity contribution in [2.45, 2.75) is 56.7 Å². The second-order valence-electron chi connectivity index (χ2n) is 8.00. The number of nitro benzene ring substituents is 1. The van der Waals surface area contributed by atoms with Gasteiger partial charge in [0.15, 0.2) is 0 Å². The molecule has 2 atom stereocenters. The fourth-order valence-corrected chi connectivity index (χ4v) is 4.60. The summed E-state index contributed by atoms with van der Waals surface area (Å²) in [5.74, 6) is 0.624. The summed E-state index contributed by atoms with van der Waals surface area (Å²) in [4.78, 5) is 17.5. The molecule has 2 unspecified atom stereocenters. The van der Waals surface area contributed by atoms with Crippen molar-refractivity contribution in [1.29, 1.82) is 5.26 Å². The number of rotatable bonds is 4. The lowest BCUT2D eigenvalue weighted by atomic mass is 9.89. The smallest absolute Gasteiger partial charge is 0.270 e. The minimum atomic E-state index is -0.468. The van der Waals surface area contributed by atoms with E-state index in [1.54, 1.807) is 12.1 Å². The molecule has 8 nitrogen and oxygen atoms in total. The van der Waals surface area contributed by atoms with Gasteiger partial charge in [-0.2, -0.15) is 5.26 Å². The second-order valence-corrected chi connectivity index (χ2v) is 8.00. The number of nitro groups is 1. The Morgan fingerprint density at radius 2 is 1.97 bits per heavy atom. The number of benzene rings is 1. The van der Waals surface area contributed by atoms with E-state index < -0.39 is 4.92 Å². The van der Waals surface area contributed by atoms with Crippen molar-refractivity contribution in [1.82, 2.24) is 9.88 Å². The highest BCUT2D eigenvalue weighted by Crippen LogP contribution is 2.28. The molecule has 0 radical (unpaired) electrons. The topological polar surface area (TPSA) is 115 Å². The Morgan fingerprint density at radius 3 is 2.66 bits per heavy atom. The van der Waals surface area contributed by atoms with Gasteiger partial charge in [-0.25, -0.2) is 4.98 Å². The van der Waals surface area contributed by atoms with Crippen molar-refractivity contribution in [3.63, 3.8) is 0 Å². The van der Waals surface area contributed by atoms with Gasteiger partial charge in [-0.3, -0.25) is 15.0 Å². The molecule has 1 aliphatic carbocycles. The van der Waals surface area contributed by atoms with Gasteiger partial charge in [-0.15, -0.1) is 0 Å². The lowest BCUT2D eigenvalue weighted by Crippen LogP contribution is -2.50. The lowest BCUT2D eigenvalue weighted by Gasteiger charge is -2.41. The average molecular weight is 395 g/mol. The number of aliphatic hydroxyl groups is 1. The number of non-ortho nitro benzene ring substituents is 1. The highest BCUT2D eigenvalue weighted by atomic mass is 16.6. The van der Waals surface area contributed by atoms with Crippen molar-refractivity contribution in [3.05, 3.63) is 39.9 Å². The normalized spacial score (nSPS) is 23.6. The van der Waals surface area contributed by atoms with Crippen LogP contribution in [0.1, 0.15) is 44.1 Å². The van der Waals surface area contributed by atoms with Crippen molar-refractivity contribution < 1.29 is 10.0 Å². The molecule has 2 N–H and O–H groups in total. The maximum atomic E-state index is 11.0. The number of nitrogens with zero attached hydrogens (tertiary/aromatic N) is 4. The molecular formula is C21H25N5O3. The van der Waals surface area contributed by atoms with E-state index in [0.717, 1.165) is 45.2 Å². The van der Waals surface area contributed by atoms with Gasteiger partial charge in [0, 0.05) is 42.7 Å². The van der Waals surface area contributed by atoms with Crippen LogP contribution in [0.5, 0.6) is 0 Å². The number of aromatic nitrogens is 1. The predicted octanol–water partition coefficient (Wildman–Crippen LogP) is 3.19. The first-order valence-electron chi connectivity index (χ1n) is 10.2. The van der Waals surface area contributed by atoms with Crippen LogP contribution in [0.2, 0.25) is 0 Å². The van der Waals surface area contributed by atoms with E-state index in [1.807, 2.05) is 0 Å². The zero-order chi connectivity index (χ0) is 20.4. The highest BCUT2D eigenvalue weighted by molar-refractivity contribution is 5.88. The Kier molecular flexibility index (Phi) is 5.60. The Morgan fingerprint density at radius 1 is 1.21 bits per heavy atom. The number of pyridine rings is 1. The summed E-state index contributed by atoms with van der Waals surface area (Å²) in [6.07, 6.45) is 5.97. The summed E-state index contributed by atoms with van der Waals surface area (Å²) in [5, 5.41) is 34.7. The molecule has 0 spiro atoms. The van der Waals surface area contributed by atoms with E-state index in [4.69, 9.17) is 0 Å². The van der Waals surface area contributed by atoms with Crippen LogP contribution in [0.3, 0.4) is 0 Å². The number of nitrogens with one attached hydrogen (secondary N) is 1. The lowest BCUT2D eigenvalue weighted by molar-refractivity contribution is -0.384.